The van der Waals surface area contributed by atoms with E-state index >= 15 is 0 Å². The molecule has 1 fully saturated rings. The number of anilines is 1. The molecule has 0 bridgehead atoms. The van der Waals surface area contributed by atoms with E-state index < -0.39 is 6.17 Å². The van der Waals surface area contributed by atoms with Crippen molar-refractivity contribution in [2.75, 3.05) is 25.0 Å². The van der Waals surface area contributed by atoms with E-state index in [0.29, 0.717) is 6.42 Å². The van der Waals surface area contributed by atoms with Gasteiger partial charge in [-0.25, -0.2) is 4.99 Å². The summed E-state index contributed by atoms with van der Waals surface area (Å²) < 4.78 is 0. The standard InChI is InChI=1S/C27H34N4O2/c1-30-23-17-9-8-16-22(23)26(31-19-11-2-3-12-20-31)29-25(27(30)33)28-24(32)18-10-7-15-21-13-5-4-6-14-21/h4-6,8-9,13-14,16-17,25H,2-3,7,10-12,15,18-20H2,1H3,(H,28,32). The van der Waals surface area contributed by atoms with Gasteiger partial charge in [0.2, 0.25) is 12.1 Å². The summed E-state index contributed by atoms with van der Waals surface area (Å²) in [5.74, 6) is 0.490. The molecule has 2 aliphatic rings. The maximum absolute atomic E-state index is 13.2. The van der Waals surface area contributed by atoms with E-state index in [1.165, 1.54) is 18.4 Å². The summed E-state index contributed by atoms with van der Waals surface area (Å²) in [6.07, 6.45) is 6.81. The van der Waals surface area contributed by atoms with Gasteiger partial charge in [0.1, 0.15) is 5.84 Å². The number of benzodiazepines with no additional fused rings is 1. The number of aryl methyl sites for hydroxylation is 1. The molecule has 2 amide bonds. The highest BCUT2D eigenvalue weighted by Crippen LogP contribution is 2.27. The van der Waals surface area contributed by atoms with Gasteiger partial charge in [0, 0.05) is 32.1 Å². The van der Waals surface area contributed by atoms with E-state index in [4.69, 9.17) is 4.99 Å². The Labute approximate surface area is 196 Å². The number of hydrogen-bond acceptors (Lipinski definition) is 4. The molecule has 2 aromatic rings. The molecule has 6 heteroatoms. The number of likely N-dealkylation sites (N-methyl/N-ethyl adjacent to an activating group) is 1. The summed E-state index contributed by atoms with van der Waals surface area (Å²) in [7, 11) is 1.76. The molecule has 2 aliphatic heterocycles. The number of para-hydroxylation sites is 1. The second kappa shape index (κ2) is 11.1. The Morgan fingerprint density at radius 1 is 0.970 bits per heavy atom. The van der Waals surface area contributed by atoms with Gasteiger partial charge in [-0.15, -0.1) is 0 Å². The minimum atomic E-state index is -0.901. The maximum Gasteiger partial charge on any atom is 0.272 e. The van der Waals surface area contributed by atoms with Crippen LogP contribution in [0.15, 0.2) is 59.6 Å². The molecule has 6 nitrogen and oxygen atoms in total. The fourth-order valence-corrected chi connectivity index (χ4v) is 4.62. The smallest absolute Gasteiger partial charge is 0.272 e. The van der Waals surface area contributed by atoms with Gasteiger partial charge in [0.15, 0.2) is 0 Å². The fourth-order valence-electron chi connectivity index (χ4n) is 4.62. The lowest BCUT2D eigenvalue weighted by Crippen LogP contribution is -2.46. The number of carbonyl (C=O) groups excluding carboxylic acids is 2. The van der Waals surface area contributed by atoms with Crippen LogP contribution in [-0.4, -0.2) is 48.9 Å². The first-order valence-electron chi connectivity index (χ1n) is 12.2. The third-order valence-electron chi connectivity index (χ3n) is 6.49. The maximum atomic E-state index is 13.2. The van der Waals surface area contributed by atoms with Crippen LogP contribution in [0.25, 0.3) is 0 Å². The van der Waals surface area contributed by atoms with Gasteiger partial charge in [-0.1, -0.05) is 55.3 Å². The van der Waals surface area contributed by atoms with Crippen molar-refractivity contribution in [1.29, 1.82) is 0 Å². The Kier molecular flexibility index (Phi) is 7.76. The molecule has 0 saturated carbocycles. The SMILES string of the molecule is CN1C(=O)C(NC(=O)CCCCc2ccccc2)N=C(N2CCCCCC2)c2ccccc21. The Bertz CT molecular complexity index is 981. The third kappa shape index (κ3) is 5.81. The first-order chi connectivity index (χ1) is 16.1. The van der Waals surface area contributed by atoms with Gasteiger partial charge in [-0.2, -0.15) is 0 Å². The van der Waals surface area contributed by atoms with E-state index in [9.17, 15) is 9.59 Å². The predicted octanol–water partition coefficient (Wildman–Crippen LogP) is 4.14. The van der Waals surface area contributed by atoms with Crippen molar-refractivity contribution < 1.29 is 9.59 Å². The quantitative estimate of drug-likeness (QED) is 0.679. The number of unbranched alkanes of at least 4 members (excludes halogenated alkanes) is 1. The molecule has 1 unspecified atom stereocenters. The third-order valence-corrected chi connectivity index (χ3v) is 6.49. The molecule has 0 aliphatic carbocycles. The highest BCUT2D eigenvalue weighted by atomic mass is 16.2. The monoisotopic (exact) mass is 446 g/mol. The van der Waals surface area contributed by atoms with E-state index in [2.05, 4.69) is 22.3 Å². The average molecular weight is 447 g/mol. The van der Waals surface area contributed by atoms with Crippen molar-refractivity contribution >= 4 is 23.3 Å². The number of aliphatic imine (C=N–C) groups is 1. The van der Waals surface area contributed by atoms with Crippen LogP contribution in [0.2, 0.25) is 0 Å². The van der Waals surface area contributed by atoms with Gasteiger partial charge in [0.05, 0.1) is 5.69 Å². The van der Waals surface area contributed by atoms with E-state index in [0.717, 1.165) is 62.3 Å². The molecule has 1 atom stereocenters. The largest absolute Gasteiger partial charge is 0.356 e. The number of fused-ring (bicyclic) bond motifs is 1. The van der Waals surface area contributed by atoms with Crippen molar-refractivity contribution in [3.8, 4) is 0 Å². The van der Waals surface area contributed by atoms with E-state index in [1.54, 1.807) is 11.9 Å². The number of nitrogens with one attached hydrogen (secondary N) is 1. The fraction of sp³-hybridized carbons (Fsp3) is 0.444. The van der Waals surface area contributed by atoms with Crippen molar-refractivity contribution in [2.45, 2.75) is 57.5 Å². The number of amides is 2. The molecule has 1 N–H and O–H groups in total. The van der Waals surface area contributed by atoms with Crippen molar-refractivity contribution in [2.24, 2.45) is 4.99 Å². The Hall–Kier alpha value is -3.15. The molecule has 4 rings (SSSR count). The highest BCUT2D eigenvalue weighted by Gasteiger charge is 2.32. The van der Waals surface area contributed by atoms with Gasteiger partial charge in [0.25, 0.3) is 5.91 Å². The highest BCUT2D eigenvalue weighted by molar-refractivity contribution is 6.12. The van der Waals surface area contributed by atoms with Crippen LogP contribution in [0.1, 0.15) is 56.1 Å². The lowest BCUT2D eigenvalue weighted by molar-refractivity contribution is -0.127. The lowest BCUT2D eigenvalue weighted by atomic mass is 10.1. The number of carbonyl (C=O) groups is 2. The van der Waals surface area contributed by atoms with Crippen LogP contribution in [0.3, 0.4) is 0 Å². The summed E-state index contributed by atoms with van der Waals surface area (Å²) in [6, 6.07) is 18.2. The second-order valence-corrected chi connectivity index (χ2v) is 8.93. The minimum absolute atomic E-state index is 0.125. The number of rotatable bonds is 6. The first-order valence-corrected chi connectivity index (χ1v) is 12.2. The summed E-state index contributed by atoms with van der Waals surface area (Å²) in [6.45, 7) is 1.84. The molecule has 1 saturated heterocycles. The normalized spacial score (nSPS) is 18.8. The Morgan fingerprint density at radius 3 is 2.42 bits per heavy atom. The molecule has 0 radical (unpaired) electrons. The number of nitrogens with zero attached hydrogens (tertiary/aromatic N) is 3. The zero-order valence-corrected chi connectivity index (χ0v) is 19.5. The molecule has 0 aromatic heterocycles. The van der Waals surface area contributed by atoms with Gasteiger partial charge >= 0.3 is 0 Å². The molecular weight excluding hydrogens is 412 g/mol. The molecule has 2 aromatic carbocycles. The van der Waals surface area contributed by atoms with Crippen LogP contribution in [0, 0.1) is 0 Å². The Morgan fingerprint density at radius 2 is 1.67 bits per heavy atom. The summed E-state index contributed by atoms with van der Waals surface area (Å²) >= 11 is 0. The van der Waals surface area contributed by atoms with Crippen molar-refractivity contribution in [3.63, 3.8) is 0 Å². The number of amidine groups is 1. The molecular formula is C27H34N4O2. The van der Waals surface area contributed by atoms with Crippen LogP contribution >= 0.6 is 0 Å². The number of likely N-dealkylation sites (tertiary alicyclic amines) is 1. The summed E-state index contributed by atoms with van der Waals surface area (Å²) in [5, 5.41) is 2.91. The zero-order valence-electron chi connectivity index (χ0n) is 19.5. The zero-order chi connectivity index (χ0) is 23.0. The van der Waals surface area contributed by atoms with Crippen molar-refractivity contribution in [1.82, 2.24) is 10.2 Å². The topological polar surface area (TPSA) is 65.0 Å². The lowest BCUT2D eigenvalue weighted by Gasteiger charge is -2.25. The summed E-state index contributed by atoms with van der Waals surface area (Å²) in [4.78, 5) is 34.7. The second-order valence-electron chi connectivity index (χ2n) is 8.93. The van der Waals surface area contributed by atoms with Gasteiger partial charge in [-0.3, -0.25) is 9.59 Å². The van der Waals surface area contributed by atoms with E-state index in [1.807, 2.05) is 42.5 Å². The van der Waals surface area contributed by atoms with Crippen LogP contribution < -0.4 is 10.2 Å². The molecule has 33 heavy (non-hydrogen) atoms. The predicted molar refractivity (Wildman–Crippen MR) is 132 cm³/mol. The average Bonchev–Trinajstić information content (AvgIpc) is 3.17. The summed E-state index contributed by atoms with van der Waals surface area (Å²) in [5.41, 5.74) is 3.07. The van der Waals surface area contributed by atoms with Gasteiger partial charge < -0.3 is 15.1 Å². The van der Waals surface area contributed by atoms with Crippen LogP contribution in [0.5, 0.6) is 0 Å². The van der Waals surface area contributed by atoms with Gasteiger partial charge in [-0.05, 0) is 49.8 Å². The van der Waals surface area contributed by atoms with Crippen LogP contribution in [0.4, 0.5) is 5.69 Å². The van der Waals surface area contributed by atoms with Crippen LogP contribution in [-0.2, 0) is 16.0 Å². The molecule has 174 valence electrons. The van der Waals surface area contributed by atoms with Crippen molar-refractivity contribution in [3.05, 3.63) is 65.7 Å². The first kappa shape index (κ1) is 23.0. The number of benzene rings is 2. The molecule has 0 spiro atoms. The molecule has 2 heterocycles. The Balaban J connectivity index is 1.46. The number of hydrogen-bond donors (Lipinski definition) is 1. The minimum Gasteiger partial charge on any atom is -0.356 e. The van der Waals surface area contributed by atoms with E-state index in [-0.39, 0.29) is 11.8 Å².